The molecule has 3 nitrogen and oxygen atoms in total. The highest BCUT2D eigenvalue weighted by atomic mass is 19.1. The van der Waals surface area contributed by atoms with Crippen molar-refractivity contribution in [1.29, 1.82) is 0 Å². The molecule has 0 spiro atoms. The number of aromatic hydroxyl groups is 1. The molecule has 0 aliphatic rings. The summed E-state index contributed by atoms with van der Waals surface area (Å²) in [7, 11) is 0. The van der Waals surface area contributed by atoms with Crippen molar-refractivity contribution in [1.82, 2.24) is 0 Å². The third-order valence-electron chi connectivity index (χ3n) is 2.20. The Morgan fingerprint density at radius 3 is 2.60 bits per heavy atom. The van der Waals surface area contributed by atoms with Gasteiger partial charge in [0.05, 0.1) is 5.56 Å². The predicted molar refractivity (Wildman–Crippen MR) is 52.5 cm³/mol. The molecule has 76 valence electrons. The number of carboxylic acid groups (broad SMARTS) is 1. The van der Waals surface area contributed by atoms with Crippen LogP contribution in [0.3, 0.4) is 0 Å². The van der Waals surface area contributed by atoms with E-state index in [0.717, 1.165) is 6.07 Å². The predicted octanol–water partition coefficient (Wildman–Crippen LogP) is 2.38. The molecule has 2 N–H and O–H groups in total. The van der Waals surface area contributed by atoms with E-state index in [1.165, 1.54) is 24.3 Å². The van der Waals surface area contributed by atoms with Gasteiger partial charge in [-0.05, 0) is 18.2 Å². The molecule has 0 aliphatic carbocycles. The highest BCUT2D eigenvalue weighted by Crippen LogP contribution is 2.29. The van der Waals surface area contributed by atoms with Crippen molar-refractivity contribution in [2.75, 3.05) is 0 Å². The third-order valence-corrected chi connectivity index (χ3v) is 2.20. The Labute approximate surface area is 84.4 Å². The number of fused-ring (bicyclic) bond motifs is 1. The second-order valence-corrected chi connectivity index (χ2v) is 3.10. The molecule has 0 aromatic heterocycles. The summed E-state index contributed by atoms with van der Waals surface area (Å²) in [4.78, 5) is 10.8. The fourth-order valence-electron chi connectivity index (χ4n) is 1.52. The normalized spacial score (nSPS) is 10.5. The van der Waals surface area contributed by atoms with Gasteiger partial charge in [0.1, 0.15) is 11.6 Å². The molecule has 0 saturated carbocycles. The lowest BCUT2D eigenvalue weighted by Gasteiger charge is -2.05. The zero-order valence-electron chi connectivity index (χ0n) is 7.57. The maximum Gasteiger partial charge on any atom is 0.336 e. The first-order valence-corrected chi connectivity index (χ1v) is 4.25. The highest BCUT2D eigenvalue weighted by molar-refractivity contribution is 6.05. The number of benzene rings is 2. The minimum absolute atomic E-state index is 0.0648. The van der Waals surface area contributed by atoms with Gasteiger partial charge in [-0.15, -0.1) is 0 Å². The number of phenolic OH excluding ortho intramolecular Hbond substituents is 1. The van der Waals surface area contributed by atoms with Crippen LogP contribution in [0.1, 0.15) is 10.4 Å². The number of rotatable bonds is 1. The van der Waals surface area contributed by atoms with Gasteiger partial charge in [-0.25, -0.2) is 9.18 Å². The number of carboxylic acids is 1. The average molecular weight is 206 g/mol. The van der Waals surface area contributed by atoms with E-state index in [-0.39, 0.29) is 22.1 Å². The van der Waals surface area contributed by atoms with Crippen LogP contribution in [0.25, 0.3) is 10.8 Å². The summed E-state index contributed by atoms with van der Waals surface area (Å²) in [5.74, 6) is -2.00. The number of halogens is 1. The van der Waals surface area contributed by atoms with Crippen molar-refractivity contribution in [2.24, 2.45) is 0 Å². The first kappa shape index (κ1) is 9.45. The van der Waals surface area contributed by atoms with E-state index in [1.807, 2.05) is 0 Å². The summed E-state index contributed by atoms with van der Waals surface area (Å²) in [6.07, 6.45) is 0. The summed E-state index contributed by atoms with van der Waals surface area (Å²) in [5.41, 5.74) is -0.152. The largest absolute Gasteiger partial charge is 0.507 e. The summed E-state index contributed by atoms with van der Waals surface area (Å²) in [6.45, 7) is 0. The molecule has 0 atom stereocenters. The summed E-state index contributed by atoms with van der Waals surface area (Å²) >= 11 is 0. The molecule has 0 amide bonds. The van der Waals surface area contributed by atoms with Crippen LogP contribution in [0.15, 0.2) is 30.3 Å². The quantitative estimate of drug-likeness (QED) is 0.753. The third kappa shape index (κ3) is 1.40. The van der Waals surface area contributed by atoms with Gasteiger partial charge >= 0.3 is 5.97 Å². The highest BCUT2D eigenvalue weighted by Gasteiger charge is 2.14. The minimum Gasteiger partial charge on any atom is -0.507 e. The molecule has 0 heterocycles. The number of carbonyl (C=O) groups is 1. The monoisotopic (exact) mass is 206 g/mol. The van der Waals surface area contributed by atoms with Crippen LogP contribution in [0, 0.1) is 5.82 Å². The van der Waals surface area contributed by atoms with Gasteiger partial charge in [0.25, 0.3) is 0 Å². The minimum atomic E-state index is -1.22. The Balaban J connectivity index is 2.96. The Kier molecular flexibility index (Phi) is 2.04. The molecule has 15 heavy (non-hydrogen) atoms. The van der Waals surface area contributed by atoms with Crippen molar-refractivity contribution in [3.8, 4) is 5.75 Å². The lowest BCUT2D eigenvalue weighted by Crippen LogP contribution is -1.98. The molecule has 4 heteroatoms. The lowest BCUT2D eigenvalue weighted by molar-refractivity contribution is 0.0698. The van der Waals surface area contributed by atoms with E-state index >= 15 is 0 Å². The van der Waals surface area contributed by atoms with Gasteiger partial charge in [0.15, 0.2) is 0 Å². The number of phenols is 1. The molecular formula is C11H7FO3. The molecule has 2 aromatic carbocycles. The Morgan fingerprint density at radius 1 is 1.20 bits per heavy atom. The maximum absolute atomic E-state index is 13.4. The Morgan fingerprint density at radius 2 is 1.93 bits per heavy atom. The topological polar surface area (TPSA) is 57.5 Å². The SMILES string of the molecule is O=C(O)c1ccc(O)c2cccc(F)c12. The van der Waals surface area contributed by atoms with E-state index in [1.54, 1.807) is 0 Å². The molecule has 0 unspecified atom stereocenters. The van der Waals surface area contributed by atoms with Gasteiger partial charge in [-0.1, -0.05) is 12.1 Å². The molecule has 2 rings (SSSR count). The summed E-state index contributed by atoms with van der Waals surface area (Å²) in [5, 5.41) is 18.4. The van der Waals surface area contributed by atoms with Crippen molar-refractivity contribution in [3.63, 3.8) is 0 Å². The van der Waals surface area contributed by atoms with E-state index in [2.05, 4.69) is 0 Å². The average Bonchev–Trinajstić information content (AvgIpc) is 2.19. The van der Waals surface area contributed by atoms with Crippen LogP contribution in [-0.2, 0) is 0 Å². The van der Waals surface area contributed by atoms with E-state index in [9.17, 15) is 14.3 Å². The van der Waals surface area contributed by atoms with Gasteiger partial charge in [-0.3, -0.25) is 0 Å². The first-order valence-electron chi connectivity index (χ1n) is 4.25. The smallest absolute Gasteiger partial charge is 0.336 e. The molecule has 0 aliphatic heterocycles. The fourth-order valence-corrected chi connectivity index (χ4v) is 1.52. The van der Waals surface area contributed by atoms with E-state index in [0.29, 0.717) is 0 Å². The maximum atomic E-state index is 13.4. The van der Waals surface area contributed by atoms with Gasteiger partial charge in [0.2, 0.25) is 0 Å². The Hall–Kier alpha value is -2.10. The van der Waals surface area contributed by atoms with Crippen LogP contribution in [0.5, 0.6) is 5.75 Å². The zero-order chi connectivity index (χ0) is 11.0. The van der Waals surface area contributed by atoms with Crippen molar-refractivity contribution >= 4 is 16.7 Å². The summed E-state index contributed by atoms with van der Waals surface area (Å²) < 4.78 is 13.4. The number of hydrogen-bond donors (Lipinski definition) is 2. The van der Waals surface area contributed by atoms with Crippen LogP contribution in [0.4, 0.5) is 4.39 Å². The fraction of sp³-hybridized carbons (Fsp3) is 0. The number of hydrogen-bond acceptors (Lipinski definition) is 2. The second kappa shape index (κ2) is 3.24. The van der Waals surface area contributed by atoms with Gasteiger partial charge < -0.3 is 10.2 Å². The Bertz CT molecular complexity index is 549. The van der Waals surface area contributed by atoms with Crippen LogP contribution < -0.4 is 0 Å². The van der Waals surface area contributed by atoms with Crippen LogP contribution >= 0.6 is 0 Å². The standard InChI is InChI=1S/C11H7FO3/c12-8-3-1-2-6-9(13)5-4-7(10(6)8)11(14)15/h1-5,13H,(H,14,15). The van der Waals surface area contributed by atoms with E-state index < -0.39 is 11.8 Å². The lowest BCUT2D eigenvalue weighted by atomic mass is 10.0. The van der Waals surface area contributed by atoms with Crippen molar-refractivity contribution in [2.45, 2.75) is 0 Å². The molecular weight excluding hydrogens is 199 g/mol. The van der Waals surface area contributed by atoms with Crippen LogP contribution in [-0.4, -0.2) is 16.2 Å². The molecule has 2 aromatic rings. The molecule has 0 radical (unpaired) electrons. The van der Waals surface area contributed by atoms with Crippen molar-refractivity contribution < 1.29 is 19.4 Å². The van der Waals surface area contributed by atoms with Gasteiger partial charge in [0, 0.05) is 10.8 Å². The van der Waals surface area contributed by atoms with E-state index in [4.69, 9.17) is 5.11 Å². The molecule has 0 saturated heterocycles. The summed E-state index contributed by atoms with van der Waals surface area (Å²) in [6, 6.07) is 6.48. The van der Waals surface area contributed by atoms with Gasteiger partial charge in [-0.2, -0.15) is 0 Å². The second-order valence-electron chi connectivity index (χ2n) is 3.10. The van der Waals surface area contributed by atoms with Crippen LogP contribution in [0.2, 0.25) is 0 Å². The molecule has 0 bridgehead atoms. The zero-order valence-corrected chi connectivity index (χ0v) is 7.57. The first-order chi connectivity index (χ1) is 7.11. The van der Waals surface area contributed by atoms with Crippen molar-refractivity contribution in [3.05, 3.63) is 41.7 Å². The molecule has 0 fully saturated rings. The number of aromatic carboxylic acids is 1.